The highest BCUT2D eigenvalue weighted by Crippen LogP contribution is 2.04. The summed E-state index contributed by atoms with van der Waals surface area (Å²) in [6.45, 7) is 2.38. The van der Waals surface area contributed by atoms with Crippen LogP contribution in [0.3, 0.4) is 0 Å². The lowest BCUT2D eigenvalue weighted by Crippen LogP contribution is -2.41. The molecular formula is C23H40N4O3. The molecule has 30 heavy (non-hydrogen) atoms. The zero-order chi connectivity index (χ0) is 22.5. The minimum atomic E-state index is -1.09. The molecule has 0 aliphatic carbocycles. The number of carboxylic acid groups (broad SMARTS) is 1. The highest BCUT2D eigenvalue weighted by atomic mass is 16.4. The van der Waals surface area contributed by atoms with Gasteiger partial charge in [-0.25, -0.2) is 4.79 Å². The Hall–Kier alpha value is -2.57. The van der Waals surface area contributed by atoms with Gasteiger partial charge in [-0.3, -0.25) is 9.79 Å². The van der Waals surface area contributed by atoms with Crippen LogP contribution in [0.5, 0.6) is 0 Å². The first-order valence-electron chi connectivity index (χ1n) is 11.0. The van der Waals surface area contributed by atoms with Crippen molar-refractivity contribution >= 4 is 17.8 Å². The number of aliphatic imine (C=N–C) groups is 1. The van der Waals surface area contributed by atoms with E-state index in [2.05, 4.69) is 53.7 Å². The molecule has 0 saturated carbocycles. The van der Waals surface area contributed by atoms with Gasteiger partial charge in [0.1, 0.15) is 6.04 Å². The topological polar surface area (TPSA) is 131 Å². The maximum Gasteiger partial charge on any atom is 0.326 e. The molecule has 0 aromatic carbocycles. The van der Waals surface area contributed by atoms with Gasteiger partial charge in [0.15, 0.2) is 5.96 Å². The van der Waals surface area contributed by atoms with Crippen LogP contribution >= 0.6 is 0 Å². The summed E-state index contributed by atoms with van der Waals surface area (Å²) in [5.74, 6) is -1.44. The molecule has 170 valence electrons. The summed E-state index contributed by atoms with van der Waals surface area (Å²) in [5.41, 5.74) is 10.4. The number of amides is 1. The van der Waals surface area contributed by atoms with Crippen molar-refractivity contribution < 1.29 is 14.7 Å². The van der Waals surface area contributed by atoms with Crippen LogP contribution in [0.4, 0.5) is 0 Å². The van der Waals surface area contributed by atoms with Crippen LogP contribution in [0, 0.1) is 0 Å². The number of unbranched alkanes of at least 4 members (excludes halogenated alkanes) is 5. The van der Waals surface area contributed by atoms with Crippen LogP contribution < -0.4 is 16.8 Å². The van der Waals surface area contributed by atoms with Gasteiger partial charge in [-0.2, -0.15) is 0 Å². The third-order valence-electron chi connectivity index (χ3n) is 4.39. The molecule has 0 aliphatic heterocycles. The summed E-state index contributed by atoms with van der Waals surface area (Å²) in [7, 11) is 0. The fourth-order valence-corrected chi connectivity index (χ4v) is 2.68. The Morgan fingerprint density at radius 2 is 1.50 bits per heavy atom. The monoisotopic (exact) mass is 420 g/mol. The Morgan fingerprint density at radius 3 is 2.03 bits per heavy atom. The lowest BCUT2D eigenvalue weighted by atomic mass is 10.1. The van der Waals surface area contributed by atoms with Crippen molar-refractivity contribution in [3.05, 3.63) is 36.5 Å². The molecule has 0 aromatic heterocycles. The van der Waals surface area contributed by atoms with E-state index in [0.717, 1.165) is 32.1 Å². The Kier molecular flexibility index (Phi) is 18.0. The van der Waals surface area contributed by atoms with E-state index in [-0.39, 0.29) is 24.8 Å². The van der Waals surface area contributed by atoms with Crippen molar-refractivity contribution in [3.8, 4) is 0 Å². The van der Waals surface area contributed by atoms with Crippen LogP contribution in [-0.4, -0.2) is 35.5 Å². The van der Waals surface area contributed by atoms with E-state index in [1.807, 2.05) is 0 Å². The molecule has 0 aromatic rings. The minimum absolute atomic E-state index is 0.0938. The van der Waals surface area contributed by atoms with Crippen LogP contribution in [0.1, 0.15) is 77.6 Å². The number of carbonyl (C=O) groups is 2. The summed E-state index contributed by atoms with van der Waals surface area (Å²) in [6, 6.07) is -0.974. The molecule has 0 rings (SSSR count). The second-order valence-corrected chi connectivity index (χ2v) is 7.18. The zero-order valence-electron chi connectivity index (χ0n) is 18.4. The Balaban J connectivity index is 3.78. The number of rotatable bonds is 18. The molecule has 1 atom stereocenters. The molecule has 0 spiro atoms. The van der Waals surface area contributed by atoms with Crippen molar-refractivity contribution in [2.75, 3.05) is 6.54 Å². The first-order valence-corrected chi connectivity index (χ1v) is 11.0. The van der Waals surface area contributed by atoms with Crippen LogP contribution in [0.25, 0.3) is 0 Å². The quantitative estimate of drug-likeness (QED) is 0.116. The maximum absolute atomic E-state index is 11.9. The van der Waals surface area contributed by atoms with E-state index in [1.54, 1.807) is 0 Å². The van der Waals surface area contributed by atoms with E-state index in [9.17, 15) is 9.59 Å². The standard InChI is InChI=1S/C23H40N4O3/c1-2-3-4-5-6-7-8-9-10-11-12-13-14-15-16-17-21(28)27-20(22(29)30)18-19-26-23(24)25/h6-7,9-10,12-13,20H,2-5,8,11,14-19H2,1H3,(H,27,28)(H,29,30)(H4,24,25,26)/b7-6-,10-9-,13-12-/t20-/m0/s1. The Labute approximate surface area is 181 Å². The smallest absolute Gasteiger partial charge is 0.326 e. The molecule has 6 N–H and O–H groups in total. The van der Waals surface area contributed by atoms with Gasteiger partial charge in [-0.1, -0.05) is 56.2 Å². The van der Waals surface area contributed by atoms with Gasteiger partial charge >= 0.3 is 5.97 Å². The lowest BCUT2D eigenvalue weighted by Gasteiger charge is -2.13. The molecule has 0 heterocycles. The van der Waals surface area contributed by atoms with Crippen molar-refractivity contribution in [2.45, 2.75) is 83.6 Å². The summed E-state index contributed by atoms with van der Waals surface area (Å²) in [5, 5.41) is 11.7. The molecule has 7 nitrogen and oxygen atoms in total. The number of nitrogens with one attached hydrogen (secondary N) is 1. The number of aliphatic carboxylic acids is 1. The number of nitrogens with two attached hydrogens (primary N) is 2. The maximum atomic E-state index is 11.9. The van der Waals surface area contributed by atoms with E-state index in [0.29, 0.717) is 6.42 Å². The van der Waals surface area contributed by atoms with E-state index in [4.69, 9.17) is 16.6 Å². The average Bonchev–Trinajstić information content (AvgIpc) is 2.69. The Morgan fingerprint density at radius 1 is 0.933 bits per heavy atom. The molecule has 0 unspecified atom stereocenters. The van der Waals surface area contributed by atoms with Crippen LogP contribution in [0.2, 0.25) is 0 Å². The third-order valence-corrected chi connectivity index (χ3v) is 4.39. The molecule has 0 radical (unpaired) electrons. The second kappa shape index (κ2) is 19.7. The molecular weight excluding hydrogens is 380 g/mol. The van der Waals surface area contributed by atoms with Gasteiger partial charge < -0.3 is 21.9 Å². The number of carbonyl (C=O) groups excluding carboxylic acids is 1. The largest absolute Gasteiger partial charge is 0.480 e. The second-order valence-electron chi connectivity index (χ2n) is 7.18. The number of guanidine groups is 1. The normalized spacial score (nSPS) is 12.6. The number of nitrogens with zero attached hydrogens (tertiary/aromatic N) is 1. The van der Waals surface area contributed by atoms with Gasteiger partial charge in [-0.15, -0.1) is 0 Å². The van der Waals surface area contributed by atoms with E-state index in [1.165, 1.54) is 25.7 Å². The number of carboxylic acids is 1. The fourth-order valence-electron chi connectivity index (χ4n) is 2.68. The predicted octanol–water partition coefficient (Wildman–Crippen LogP) is 3.81. The van der Waals surface area contributed by atoms with Crippen molar-refractivity contribution in [2.24, 2.45) is 16.5 Å². The van der Waals surface area contributed by atoms with Crippen LogP contribution in [-0.2, 0) is 9.59 Å². The molecule has 7 heteroatoms. The summed E-state index contributed by atoms with van der Waals surface area (Å²) < 4.78 is 0. The summed E-state index contributed by atoms with van der Waals surface area (Å²) >= 11 is 0. The van der Waals surface area contributed by atoms with E-state index >= 15 is 0 Å². The molecule has 1 amide bonds. The van der Waals surface area contributed by atoms with Crippen LogP contribution in [0.15, 0.2) is 41.4 Å². The highest BCUT2D eigenvalue weighted by molar-refractivity contribution is 5.83. The Bertz CT molecular complexity index is 579. The first-order chi connectivity index (χ1) is 14.5. The van der Waals surface area contributed by atoms with Crippen molar-refractivity contribution in [1.82, 2.24) is 5.32 Å². The molecule has 0 bridgehead atoms. The first kappa shape index (κ1) is 27.4. The van der Waals surface area contributed by atoms with Gasteiger partial charge in [0.25, 0.3) is 0 Å². The average molecular weight is 421 g/mol. The van der Waals surface area contributed by atoms with Crippen molar-refractivity contribution in [3.63, 3.8) is 0 Å². The third kappa shape index (κ3) is 18.8. The highest BCUT2D eigenvalue weighted by Gasteiger charge is 2.18. The fraction of sp³-hybridized carbons (Fsp3) is 0.609. The molecule has 0 fully saturated rings. The lowest BCUT2D eigenvalue weighted by molar-refractivity contribution is -0.142. The molecule has 0 aliphatic rings. The minimum Gasteiger partial charge on any atom is -0.480 e. The zero-order valence-corrected chi connectivity index (χ0v) is 18.4. The van der Waals surface area contributed by atoms with Gasteiger partial charge in [-0.05, 0) is 51.4 Å². The predicted molar refractivity (Wildman–Crippen MR) is 124 cm³/mol. The van der Waals surface area contributed by atoms with Crippen molar-refractivity contribution in [1.29, 1.82) is 0 Å². The summed E-state index contributed by atoms with van der Waals surface area (Å²) in [6.07, 6.45) is 23.0. The number of hydrogen-bond donors (Lipinski definition) is 4. The molecule has 0 saturated heterocycles. The van der Waals surface area contributed by atoms with Gasteiger partial charge in [0.2, 0.25) is 5.91 Å². The number of allylic oxidation sites excluding steroid dienone is 6. The summed E-state index contributed by atoms with van der Waals surface area (Å²) in [4.78, 5) is 26.8. The van der Waals surface area contributed by atoms with Gasteiger partial charge in [0.05, 0.1) is 0 Å². The van der Waals surface area contributed by atoms with E-state index < -0.39 is 12.0 Å². The SMILES string of the molecule is CCCCC/C=C\C/C=C\C/C=C\CCCCC(=O)N[C@@H](CCN=C(N)N)C(=O)O. The number of hydrogen-bond acceptors (Lipinski definition) is 3. The van der Waals surface area contributed by atoms with Gasteiger partial charge in [0, 0.05) is 13.0 Å².